The molecule has 0 aliphatic carbocycles. The lowest BCUT2D eigenvalue weighted by Gasteiger charge is -1.98. The number of benzene rings is 1. The van der Waals surface area contributed by atoms with Crippen LogP contribution < -0.4 is 0 Å². The van der Waals surface area contributed by atoms with Crippen LogP contribution in [0.4, 0.5) is 0 Å². The van der Waals surface area contributed by atoms with Gasteiger partial charge in [0.2, 0.25) is 5.89 Å². The molecule has 0 bridgehead atoms. The fraction of sp³-hybridized carbons (Fsp3) is 0.0769. The van der Waals surface area contributed by atoms with Gasteiger partial charge in [0.15, 0.2) is 0 Å². The van der Waals surface area contributed by atoms with Gasteiger partial charge in [0.05, 0.1) is 14.4 Å². The summed E-state index contributed by atoms with van der Waals surface area (Å²) in [4.78, 5) is 1.99. The maximum absolute atomic E-state index is 9.22. The molecule has 0 radical (unpaired) electrons. The second kappa shape index (κ2) is 5.99. The zero-order valence-corrected chi connectivity index (χ0v) is 13.3. The van der Waals surface area contributed by atoms with Crippen LogP contribution in [0.3, 0.4) is 0 Å². The Morgan fingerprint density at radius 2 is 1.95 bits per heavy atom. The van der Waals surface area contributed by atoms with E-state index in [-0.39, 0.29) is 5.75 Å². The first-order valence-corrected chi connectivity index (χ1v) is 8.30. The lowest BCUT2D eigenvalue weighted by Crippen LogP contribution is -1.80. The highest BCUT2D eigenvalue weighted by atomic mass is 79.9. The molecule has 4 nitrogen and oxygen atoms in total. The first-order chi connectivity index (χ1) is 9.70. The van der Waals surface area contributed by atoms with E-state index in [1.165, 1.54) is 0 Å². The molecule has 1 aromatic carbocycles. The van der Waals surface area contributed by atoms with Crippen LogP contribution in [0.2, 0.25) is 0 Å². The van der Waals surface area contributed by atoms with Gasteiger partial charge in [0.25, 0.3) is 5.89 Å². The summed E-state index contributed by atoms with van der Waals surface area (Å²) in [6, 6.07) is 10.9. The highest BCUT2D eigenvalue weighted by Gasteiger charge is 2.10. The number of halogens is 1. The van der Waals surface area contributed by atoms with Crippen molar-refractivity contribution >= 4 is 39.0 Å². The molecule has 20 heavy (non-hydrogen) atoms. The number of thioether (sulfide) groups is 1. The van der Waals surface area contributed by atoms with E-state index in [1.54, 1.807) is 35.2 Å². The second-order valence-corrected chi connectivity index (χ2v) is 7.40. The first kappa shape index (κ1) is 13.7. The van der Waals surface area contributed by atoms with E-state index in [0.717, 1.165) is 13.6 Å². The van der Waals surface area contributed by atoms with Crippen LogP contribution in [0.5, 0.6) is 5.75 Å². The fourth-order valence-electron chi connectivity index (χ4n) is 1.53. The van der Waals surface area contributed by atoms with Gasteiger partial charge in [0, 0.05) is 4.90 Å². The second-order valence-electron chi connectivity index (χ2n) is 3.89. The third-order valence-corrected chi connectivity index (χ3v) is 5.06. The minimum Gasteiger partial charge on any atom is -0.508 e. The van der Waals surface area contributed by atoms with Crippen molar-refractivity contribution in [3.8, 4) is 16.5 Å². The molecular weight excluding hydrogens is 360 g/mol. The van der Waals surface area contributed by atoms with Gasteiger partial charge in [-0.3, -0.25) is 0 Å². The fourth-order valence-corrected chi connectivity index (χ4v) is 3.57. The van der Waals surface area contributed by atoms with Gasteiger partial charge < -0.3 is 9.52 Å². The molecule has 0 aliphatic rings. The van der Waals surface area contributed by atoms with Crippen molar-refractivity contribution in [1.29, 1.82) is 0 Å². The van der Waals surface area contributed by atoms with Crippen LogP contribution in [-0.4, -0.2) is 15.3 Å². The quantitative estimate of drug-likeness (QED) is 0.684. The molecule has 0 atom stereocenters. The maximum Gasteiger partial charge on any atom is 0.257 e. The number of aromatic nitrogens is 2. The van der Waals surface area contributed by atoms with Gasteiger partial charge in [-0.05, 0) is 52.3 Å². The minimum atomic E-state index is 0.262. The van der Waals surface area contributed by atoms with Crippen molar-refractivity contribution < 1.29 is 9.52 Å². The van der Waals surface area contributed by atoms with Crippen LogP contribution in [0, 0.1) is 0 Å². The molecule has 3 aromatic rings. The van der Waals surface area contributed by atoms with Crippen molar-refractivity contribution in [2.24, 2.45) is 0 Å². The van der Waals surface area contributed by atoms with Crippen molar-refractivity contribution in [2.75, 3.05) is 0 Å². The van der Waals surface area contributed by atoms with E-state index in [1.807, 2.05) is 24.3 Å². The summed E-state index contributed by atoms with van der Waals surface area (Å²) in [6.07, 6.45) is 0. The maximum atomic E-state index is 9.22. The molecule has 0 unspecified atom stereocenters. The van der Waals surface area contributed by atoms with Crippen molar-refractivity contribution in [3.63, 3.8) is 0 Å². The molecule has 2 heterocycles. The van der Waals surface area contributed by atoms with Crippen molar-refractivity contribution in [2.45, 2.75) is 10.6 Å². The molecule has 0 saturated carbocycles. The van der Waals surface area contributed by atoms with E-state index in [4.69, 9.17) is 4.42 Å². The van der Waals surface area contributed by atoms with Crippen LogP contribution >= 0.6 is 39.0 Å². The molecule has 1 N–H and O–H groups in total. The highest BCUT2D eigenvalue weighted by Crippen LogP contribution is 2.31. The average molecular weight is 369 g/mol. The van der Waals surface area contributed by atoms with Gasteiger partial charge in [-0.2, -0.15) is 0 Å². The van der Waals surface area contributed by atoms with Gasteiger partial charge in [0.1, 0.15) is 5.75 Å². The summed E-state index contributed by atoms with van der Waals surface area (Å²) < 4.78 is 6.66. The Kier molecular flexibility index (Phi) is 4.09. The van der Waals surface area contributed by atoms with Crippen molar-refractivity contribution in [1.82, 2.24) is 10.2 Å². The Bertz CT molecular complexity index is 709. The minimum absolute atomic E-state index is 0.262. The van der Waals surface area contributed by atoms with Gasteiger partial charge in [-0.1, -0.05) is 0 Å². The lowest BCUT2D eigenvalue weighted by molar-refractivity contribution is 0.475. The van der Waals surface area contributed by atoms with Crippen LogP contribution in [0.1, 0.15) is 5.89 Å². The predicted molar refractivity (Wildman–Crippen MR) is 83.0 cm³/mol. The zero-order valence-electron chi connectivity index (χ0n) is 10.1. The smallest absolute Gasteiger partial charge is 0.257 e. The number of rotatable bonds is 4. The molecule has 0 amide bonds. The van der Waals surface area contributed by atoms with Crippen LogP contribution in [0.25, 0.3) is 10.8 Å². The molecule has 0 aliphatic heterocycles. The standard InChI is InChI=1S/C13H9BrN2O2S2/c14-11-6-5-10(20-11)13-16-15-12(18-13)7-19-9-3-1-8(17)2-4-9/h1-6,17H,7H2. The molecule has 7 heteroatoms. The molecule has 3 rings (SSSR count). The summed E-state index contributed by atoms with van der Waals surface area (Å²) in [7, 11) is 0. The monoisotopic (exact) mass is 368 g/mol. The summed E-state index contributed by atoms with van der Waals surface area (Å²) in [5.41, 5.74) is 0. The Morgan fingerprint density at radius 1 is 1.15 bits per heavy atom. The average Bonchev–Trinajstić information content (AvgIpc) is 3.07. The van der Waals surface area contributed by atoms with Crippen LogP contribution in [-0.2, 0) is 5.75 Å². The zero-order chi connectivity index (χ0) is 13.9. The molecule has 0 fully saturated rings. The number of hydrogen-bond donors (Lipinski definition) is 1. The number of nitrogens with zero attached hydrogens (tertiary/aromatic N) is 2. The lowest BCUT2D eigenvalue weighted by atomic mass is 10.3. The Hall–Kier alpha value is -1.31. The van der Waals surface area contributed by atoms with Crippen molar-refractivity contribution in [3.05, 3.63) is 46.1 Å². The third-order valence-electron chi connectivity index (χ3n) is 2.45. The number of thiophene rings is 1. The molecule has 0 saturated heterocycles. The molecule has 0 spiro atoms. The van der Waals surface area contributed by atoms with E-state index in [2.05, 4.69) is 26.1 Å². The number of hydrogen-bond acceptors (Lipinski definition) is 6. The van der Waals surface area contributed by atoms with E-state index in [0.29, 0.717) is 17.5 Å². The highest BCUT2D eigenvalue weighted by molar-refractivity contribution is 9.11. The summed E-state index contributed by atoms with van der Waals surface area (Å²) in [5.74, 6) is 1.99. The van der Waals surface area contributed by atoms with E-state index < -0.39 is 0 Å². The predicted octanol–water partition coefficient (Wildman–Crippen LogP) is 4.56. The topological polar surface area (TPSA) is 59.2 Å². The Morgan fingerprint density at radius 3 is 2.65 bits per heavy atom. The van der Waals surface area contributed by atoms with E-state index in [9.17, 15) is 5.11 Å². The van der Waals surface area contributed by atoms with Gasteiger partial charge in [-0.25, -0.2) is 0 Å². The Balaban J connectivity index is 1.67. The molecule has 102 valence electrons. The first-order valence-electron chi connectivity index (χ1n) is 5.70. The third kappa shape index (κ3) is 3.23. The van der Waals surface area contributed by atoms with Gasteiger partial charge >= 0.3 is 0 Å². The summed E-state index contributed by atoms with van der Waals surface area (Å²) >= 11 is 6.55. The largest absolute Gasteiger partial charge is 0.508 e. The summed E-state index contributed by atoms with van der Waals surface area (Å²) in [6.45, 7) is 0. The van der Waals surface area contributed by atoms with E-state index >= 15 is 0 Å². The normalized spacial score (nSPS) is 10.8. The molecule has 2 aromatic heterocycles. The molecular formula is C13H9BrN2O2S2. The Labute approximate surface area is 132 Å². The van der Waals surface area contributed by atoms with Crippen LogP contribution in [0.15, 0.2) is 49.5 Å². The number of phenolic OH excluding ortho intramolecular Hbond substituents is 1. The van der Waals surface area contributed by atoms with Gasteiger partial charge in [-0.15, -0.1) is 33.3 Å². The number of aromatic hydroxyl groups is 1. The SMILES string of the molecule is Oc1ccc(SCc2nnc(-c3ccc(Br)s3)o2)cc1. The number of phenols is 1. The summed E-state index contributed by atoms with van der Waals surface area (Å²) in [5, 5.41) is 17.3.